The Kier molecular flexibility index (Phi) is 3.10. The van der Waals surface area contributed by atoms with Crippen molar-refractivity contribution in [1.82, 2.24) is 34.7 Å². The predicted molar refractivity (Wildman–Crippen MR) is 82.4 cm³/mol. The van der Waals surface area contributed by atoms with E-state index in [1.165, 1.54) is 4.80 Å². The fraction of sp³-hybridized carbons (Fsp3) is 0.400. The average molecular weight is 311 g/mol. The van der Waals surface area contributed by atoms with Gasteiger partial charge in [0.2, 0.25) is 5.91 Å². The maximum absolute atomic E-state index is 12.6. The Morgan fingerprint density at radius 3 is 2.61 bits per heavy atom. The minimum Gasteiger partial charge on any atom is -0.331 e. The number of nitrogens with zero attached hydrogens (tertiary/aromatic N) is 7. The van der Waals surface area contributed by atoms with Crippen LogP contribution in [0.5, 0.6) is 0 Å². The molecular weight excluding hydrogens is 294 g/mol. The Morgan fingerprint density at radius 2 is 1.91 bits per heavy atom. The molecule has 0 radical (unpaired) electrons. The van der Waals surface area contributed by atoms with Gasteiger partial charge in [-0.1, -0.05) is 12.1 Å². The molecule has 0 N–H and O–H groups in total. The Balaban J connectivity index is 1.53. The zero-order chi connectivity index (χ0) is 16.0. The highest BCUT2D eigenvalue weighted by atomic mass is 16.2. The normalized spacial score (nSPS) is 17.5. The van der Waals surface area contributed by atoms with Crippen LogP contribution in [0.1, 0.15) is 24.6 Å². The smallest absolute Gasteiger partial charge is 0.246 e. The van der Waals surface area contributed by atoms with E-state index in [0.29, 0.717) is 13.1 Å². The van der Waals surface area contributed by atoms with Crippen LogP contribution in [0.25, 0.3) is 11.0 Å². The molecule has 0 aliphatic carbocycles. The standard InChI is InChI=1S/C15H17N7O/c1-10-7-20(8-14-17-16-11(2)22(10)14)15(23)9-21-18-12-5-3-4-6-13(12)19-21/h3-6,10H,7-9H2,1-2H3/t10-/m0/s1. The molecule has 1 aromatic carbocycles. The number of carbonyl (C=O) groups is 1. The lowest BCUT2D eigenvalue weighted by atomic mass is 10.2. The van der Waals surface area contributed by atoms with Crippen LogP contribution >= 0.6 is 0 Å². The molecule has 0 fully saturated rings. The monoisotopic (exact) mass is 311 g/mol. The summed E-state index contributed by atoms with van der Waals surface area (Å²) in [5.41, 5.74) is 1.59. The van der Waals surface area contributed by atoms with Gasteiger partial charge in [-0.15, -0.1) is 10.2 Å². The number of fused-ring (bicyclic) bond motifs is 2. The van der Waals surface area contributed by atoms with Crippen LogP contribution < -0.4 is 0 Å². The summed E-state index contributed by atoms with van der Waals surface area (Å²) in [7, 11) is 0. The SMILES string of the molecule is Cc1nnc2n1[C@@H](C)CN(C(=O)Cn1nc3ccccc3n1)C2. The second kappa shape index (κ2) is 5.15. The summed E-state index contributed by atoms with van der Waals surface area (Å²) in [6.07, 6.45) is 0. The first-order chi connectivity index (χ1) is 11.1. The van der Waals surface area contributed by atoms with Crippen molar-refractivity contribution < 1.29 is 4.79 Å². The molecule has 2 aromatic heterocycles. The number of aryl methyl sites for hydroxylation is 1. The second-order valence-electron chi connectivity index (χ2n) is 5.88. The van der Waals surface area contributed by atoms with Gasteiger partial charge in [-0.05, 0) is 26.0 Å². The van der Waals surface area contributed by atoms with Crippen LogP contribution in [0, 0.1) is 6.92 Å². The summed E-state index contributed by atoms with van der Waals surface area (Å²) in [4.78, 5) is 15.8. The van der Waals surface area contributed by atoms with Crippen molar-refractivity contribution in [3.05, 3.63) is 35.9 Å². The van der Waals surface area contributed by atoms with Crippen molar-refractivity contribution in [3.63, 3.8) is 0 Å². The van der Waals surface area contributed by atoms with E-state index in [1.54, 1.807) is 4.90 Å². The molecule has 4 rings (SSSR count). The zero-order valence-corrected chi connectivity index (χ0v) is 13.0. The van der Waals surface area contributed by atoms with Crippen LogP contribution in [0.3, 0.4) is 0 Å². The number of aromatic nitrogens is 6. The van der Waals surface area contributed by atoms with Crippen molar-refractivity contribution in [1.29, 1.82) is 0 Å². The van der Waals surface area contributed by atoms with Crippen molar-refractivity contribution in [2.24, 2.45) is 0 Å². The topological polar surface area (TPSA) is 81.7 Å². The lowest BCUT2D eigenvalue weighted by Crippen LogP contribution is -2.42. The first-order valence-electron chi connectivity index (χ1n) is 7.60. The highest BCUT2D eigenvalue weighted by Gasteiger charge is 2.28. The van der Waals surface area contributed by atoms with E-state index in [2.05, 4.69) is 31.9 Å². The maximum Gasteiger partial charge on any atom is 0.246 e. The van der Waals surface area contributed by atoms with Crippen molar-refractivity contribution in [3.8, 4) is 0 Å². The van der Waals surface area contributed by atoms with E-state index in [4.69, 9.17) is 0 Å². The molecule has 0 unspecified atom stereocenters. The third kappa shape index (κ3) is 2.36. The largest absolute Gasteiger partial charge is 0.331 e. The van der Waals surface area contributed by atoms with E-state index >= 15 is 0 Å². The lowest BCUT2D eigenvalue weighted by molar-refractivity contribution is -0.134. The van der Waals surface area contributed by atoms with E-state index < -0.39 is 0 Å². The van der Waals surface area contributed by atoms with Gasteiger partial charge in [-0.25, -0.2) is 0 Å². The summed E-state index contributed by atoms with van der Waals surface area (Å²) in [5, 5.41) is 16.9. The first kappa shape index (κ1) is 13.9. The molecular formula is C15H17N7O. The van der Waals surface area contributed by atoms with E-state index in [-0.39, 0.29) is 18.5 Å². The molecule has 1 aliphatic heterocycles. The van der Waals surface area contributed by atoms with Gasteiger partial charge in [0.25, 0.3) is 0 Å². The second-order valence-corrected chi connectivity index (χ2v) is 5.88. The summed E-state index contributed by atoms with van der Waals surface area (Å²) < 4.78 is 2.09. The number of rotatable bonds is 2. The number of benzene rings is 1. The molecule has 1 amide bonds. The van der Waals surface area contributed by atoms with Gasteiger partial charge in [-0.2, -0.15) is 15.0 Å². The van der Waals surface area contributed by atoms with Gasteiger partial charge >= 0.3 is 0 Å². The molecule has 0 saturated carbocycles. The maximum atomic E-state index is 12.6. The van der Waals surface area contributed by atoms with Crippen LogP contribution in [0.4, 0.5) is 0 Å². The number of hydrogen-bond acceptors (Lipinski definition) is 5. The van der Waals surface area contributed by atoms with Crippen molar-refractivity contribution in [2.75, 3.05) is 6.54 Å². The van der Waals surface area contributed by atoms with Crippen LogP contribution in [-0.2, 0) is 17.9 Å². The van der Waals surface area contributed by atoms with E-state index in [1.807, 2.05) is 31.2 Å². The molecule has 1 aliphatic rings. The molecule has 1 atom stereocenters. The van der Waals surface area contributed by atoms with Crippen LogP contribution in [0.2, 0.25) is 0 Å². The molecule has 118 valence electrons. The van der Waals surface area contributed by atoms with Gasteiger partial charge in [0.15, 0.2) is 5.82 Å². The Morgan fingerprint density at radius 1 is 1.22 bits per heavy atom. The summed E-state index contributed by atoms with van der Waals surface area (Å²) >= 11 is 0. The molecule has 3 aromatic rings. The highest BCUT2D eigenvalue weighted by Crippen LogP contribution is 2.21. The van der Waals surface area contributed by atoms with Gasteiger partial charge < -0.3 is 9.47 Å². The van der Waals surface area contributed by atoms with Crippen LogP contribution in [0.15, 0.2) is 24.3 Å². The van der Waals surface area contributed by atoms with Gasteiger partial charge in [0.05, 0.1) is 12.6 Å². The molecule has 3 heterocycles. The summed E-state index contributed by atoms with van der Waals surface area (Å²) in [6, 6.07) is 7.76. The van der Waals surface area contributed by atoms with Crippen LogP contribution in [-0.4, -0.2) is 47.1 Å². The fourth-order valence-electron chi connectivity index (χ4n) is 3.12. The Labute approximate surface area is 132 Å². The van der Waals surface area contributed by atoms with Gasteiger partial charge in [0, 0.05) is 6.54 Å². The summed E-state index contributed by atoms with van der Waals surface area (Å²) in [6.45, 7) is 5.26. The number of amides is 1. The lowest BCUT2D eigenvalue weighted by Gasteiger charge is -2.32. The van der Waals surface area contributed by atoms with Gasteiger partial charge in [-0.3, -0.25) is 4.79 Å². The third-order valence-electron chi connectivity index (χ3n) is 4.15. The molecule has 23 heavy (non-hydrogen) atoms. The van der Waals surface area contributed by atoms with Crippen molar-refractivity contribution >= 4 is 16.9 Å². The average Bonchev–Trinajstić information content (AvgIpc) is 3.10. The Hall–Kier alpha value is -2.77. The highest BCUT2D eigenvalue weighted by molar-refractivity contribution is 5.77. The number of hydrogen-bond donors (Lipinski definition) is 0. The molecule has 0 bridgehead atoms. The van der Waals surface area contributed by atoms with E-state index in [9.17, 15) is 4.79 Å². The minimum atomic E-state index is -0.0101. The molecule has 0 spiro atoms. The third-order valence-corrected chi connectivity index (χ3v) is 4.15. The predicted octanol–water partition coefficient (Wildman–Crippen LogP) is 0.935. The van der Waals surface area contributed by atoms with Crippen molar-refractivity contribution in [2.45, 2.75) is 33.0 Å². The quantitative estimate of drug-likeness (QED) is 0.703. The first-order valence-corrected chi connectivity index (χ1v) is 7.60. The Bertz CT molecular complexity index is 848. The van der Waals surface area contributed by atoms with Gasteiger partial charge in [0.1, 0.15) is 23.4 Å². The minimum absolute atomic E-state index is 0.0101. The molecule has 8 heteroatoms. The number of carbonyl (C=O) groups excluding carboxylic acids is 1. The molecule has 8 nitrogen and oxygen atoms in total. The fourth-order valence-corrected chi connectivity index (χ4v) is 3.12. The van der Waals surface area contributed by atoms with E-state index in [0.717, 1.165) is 22.7 Å². The zero-order valence-electron chi connectivity index (χ0n) is 13.0. The molecule has 0 saturated heterocycles. The summed E-state index contributed by atoms with van der Waals surface area (Å²) in [5.74, 6) is 1.71.